The highest BCUT2D eigenvalue weighted by Crippen LogP contribution is 2.16. The summed E-state index contributed by atoms with van der Waals surface area (Å²) in [6, 6.07) is -0.284. The Hall–Kier alpha value is -1.30. The quantitative estimate of drug-likeness (QED) is 0.693. The number of aliphatic hydroxyl groups excluding tert-OH is 1. The fourth-order valence-corrected chi connectivity index (χ4v) is 2.22. The molecule has 0 radical (unpaired) electrons. The van der Waals surface area contributed by atoms with Crippen LogP contribution in [0.2, 0.25) is 0 Å². The molecule has 0 aromatic rings. The predicted molar refractivity (Wildman–Crippen MR) is 70.8 cm³/mol. The van der Waals surface area contributed by atoms with Gasteiger partial charge in [-0.15, -0.1) is 0 Å². The summed E-state index contributed by atoms with van der Waals surface area (Å²) in [5, 5.41) is 21.4. The summed E-state index contributed by atoms with van der Waals surface area (Å²) in [7, 11) is 0. The third kappa shape index (κ3) is 4.70. The largest absolute Gasteiger partial charge is 0.481 e. The van der Waals surface area contributed by atoms with Crippen LogP contribution in [0.3, 0.4) is 0 Å². The third-order valence-corrected chi connectivity index (χ3v) is 3.69. The first kappa shape index (κ1) is 15.8. The number of aliphatic carboxylic acids is 1. The van der Waals surface area contributed by atoms with Crippen molar-refractivity contribution in [3.8, 4) is 0 Å². The summed E-state index contributed by atoms with van der Waals surface area (Å²) in [6.45, 7) is 4.94. The number of β-amino-alcohol motifs (C(OH)–C–C–N with tert-alkyl or cyclic N) is 1. The van der Waals surface area contributed by atoms with Gasteiger partial charge in [0.25, 0.3) is 0 Å². The van der Waals surface area contributed by atoms with E-state index in [1.54, 1.807) is 4.90 Å². The van der Waals surface area contributed by atoms with Crippen molar-refractivity contribution in [3.63, 3.8) is 0 Å². The second-order valence-corrected chi connectivity index (χ2v) is 5.29. The van der Waals surface area contributed by atoms with E-state index in [1.807, 2.05) is 13.8 Å². The molecule has 6 heteroatoms. The first-order chi connectivity index (χ1) is 8.95. The lowest BCUT2D eigenvalue weighted by Gasteiger charge is -2.34. The van der Waals surface area contributed by atoms with E-state index < -0.39 is 18.0 Å². The summed E-state index contributed by atoms with van der Waals surface area (Å²) in [5.74, 6) is -1.21. The Labute approximate surface area is 113 Å². The van der Waals surface area contributed by atoms with E-state index in [9.17, 15) is 14.7 Å². The van der Waals surface area contributed by atoms with Crippen LogP contribution in [0.4, 0.5) is 4.79 Å². The van der Waals surface area contributed by atoms with E-state index >= 15 is 0 Å². The van der Waals surface area contributed by atoms with Crippen LogP contribution >= 0.6 is 0 Å². The molecule has 0 aromatic heterocycles. The van der Waals surface area contributed by atoms with Gasteiger partial charge >= 0.3 is 12.0 Å². The maximum Gasteiger partial charge on any atom is 0.317 e. The zero-order valence-corrected chi connectivity index (χ0v) is 11.6. The molecule has 110 valence electrons. The molecule has 1 aliphatic rings. The second kappa shape index (κ2) is 7.33. The molecule has 1 rings (SSSR count). The van der Waals surface area contributed by atoms with E-state index in [1.165, 1.54) is 0 Å². The van der Waals surface area contributed by atoms with E-state index in [0.717, 1.165) is 12.8 Å². The number of carbonyl (C=O) groups is 2. The molecule has 3 unspecified atom stereocenters. The van der Waals surface area contributed by atoms with Gasteiger partial charge in [-0.05, 0) is 18.8 Å². The lowest BCUT2D eigenvalue weighted by Crippen LogP contribution is -2.50. The summed E-state index contributed by atoms with van der Waals surface area (Å²) in [4.78, 5) is 24.4. The molecule has 0 spiro atoms. The number of hydrogen-bond donors (Lipinski definition) is 3. The van der Waals surface area contributed by atoms with E-state index in [4.69, 9.17) is 5.11 Å². The van der Waals surface area contributed by atoms with E-state index in [2.05, 4.69) is 5.32 Å². The van der Waals surface area contributed by atoms with Crippen LogP contribution in [-0.2, 0) is 4.79 Å². The van der Waals surface area contributed by atoms with E-state index in [0.29, 0.717) is 19.5 Å². The van der Waals surface area contributed by atoms with Crippen LogP contribution in [0.25, 0.3) is 0 Å². The van der Waals surface area contributed by atoms with Crippen molar-refractivity contribution in [3.05, 3.63) is 0 Å². The standard InChI is InChI=1S/C13H24N2O4/c1-3-4-10(12(17)18)7-14-13(19)15-6-5-9(2)11(16)8-15/h9-11,16H,3-8H2,1-2H3,(H,14,19)(H,17,18). The Morgan fingerprint density at radius 2 is 2.16 bits per heavy atom. The Kier molecular flexibility index (Phi) is 6.08. The van der Waals surface area contributed by atoms with Crippen LogP contribution in [-0.4, -0.2) is 52.9 Å². The van der Waals surface area contributed by atoms with Gasteiger partial charge < -0.3 is 20.4 Å². The van der Waals surface area contributed by atoms with Gasteiger partial charge in [-0.25, -0.2) is 4.79 Å². The first-order valence-corrected chi connectivity index (χ1v) is 6.89. The number of rotatable bonds is 5. The minimum atomic E-state index is -0.880. The number of carbonyl (C=O) groups excluding carboxylic acids is 1. The van der Waals surface area contributed by atoms with Crippen molar-refractivity contribution < 1.29 is 19.8 Å². The Morgan fingerprint density at radius 1 is 1.47 bits per heavy atom. The third-order valence-electron chi connectivity index (χ3n) is 3.69. The average Bonchev–Trinajstić information content (AvgIpc) is 2.37. The van der Waals surface area contributed by atoms with Crippen molar-refractivity contribution in [2.45, 2.75) is 39.2 Å². The molecule has 19 heavy (non-hydrogen) atoms. The fourth-order valence-electron chi connectivity index (χ4n) is 2.22. The van der Waals surface area contributed by atoms with Crippen molar-refractivity contribution in [2.24, 2.45) is 11.8 Å². The van der Waals surface area contributed by atoms with Gasteiger partial charge in [-0.2, -0.15) is 0 Å². The minimum absolute atomic E-state index is 0.143. The minimum Gasteiger partial charge on any atom is -0.481 e. The van der Waals surface area contributed by atoms with Gasteiger partial charge in [0.2, 0.25) is 0 Å². The molecule has 0 aliphatic carbocycles. The van der Waals surface area contributed by atoms with Gasteiger partial charge in [-0.1, -0.05) is 20.3 Å². The highest BCUT2D eigenvalue weighted by Gasteiger charge is 2.27. The number of piperidine rings is 1. The highest BCUT2D eigenvalue weighted by molar-refractivity contribution is 5.76. The molecule has 6 nitrogen and oxygen atoms in total. The molecular formula is C13H24N2O4. The monoisotopic (exact) mass is 272 g/mol. The van der Waals surface area contributed by atoms with Crippen LogP contribution in [0.15, 0.2) is 0 Å². The summed E-state index contributed by atoms with van der Waals surface area (Å²) in [6.07, 6.45) is 1.60. The highest BCUT2D eigenvalue weighted by atomic mass is 16.4. The number of nitrogens with one attached hydrogen (secondary N) is 1. The summed E-state index contributed by atoms with van der Waals surface area (Å²) < 4.78 is 0. The first-order valence-electron chi connectivity index (χ1n) is 6.89. The summed E-state index contributed by atoms with van der Waals surface area (Å²) >= 11 is 0. The van der Waals surface area contributed by atoms with Gasteiger partial charge in [0, 0.05) is 19.6 Å². The number of aliphatic hydroxyl groups is 1. The molecule has 3 N–H and O–H groups in total. The predicted octanol–water partition coefficient (Wildman–Crippen LogP) is 0.900. The molecule has 2 amide bonds. The van der Waals surface area contributed by atoms with E-state index in [-0.39, 0.29) is 18.5 Å². The summed E-state index contributed by atoms with van der Waals surface area (Å²) in [5.41, 5.74) is 0. The smallest absolute Gasteiger partial charge is 0.317 e. The Bertz CT molecular complexity index is 322. The van der Waals surface area contributed by atoms with Crippen molar-refractivity contribution >= 4 is 12.0 Å². The zero-order chi connectivity index (χ0) is 14.4. The maximum absolute atomic E-state index is 11.9. The molecule has 0 bridgehead atoms. The average molecular weight is 272 g/mol. The number of likely N-dealkylation sites (tertiary alicyclic amines) is 1. The maximum atomic E-state index is 11.9. The second-order valence-electron chi connectivity index (χ2n) is 5.29. The SMILES string of the molecule is CCCC(CNC(=O)N1CCC(C)C(O)C1)C(=O)O. The van der Waals surface area contributed by atoms with Gasteiger partial charge in [0.1, 0.15) is 0 Å². The molecule has 1 saturated heterocycles. The van der Waals surface area contributed by atoms with Crippen LogP contribution in [0.1, 0.15) is 33.1 Å². The van der Waals surface area contributed by atoms with Crippen molar-refractivity contribution in [2.75, 3.05) is 19.6 Å². The Balaban J connectivity index is 2.40. The number of amides is 2. The molecule has 1 aliphatic heterocycles. The number of urea groups is 1. The molecule has 1 heterocycles. The number of carboxylic acid groups (broad SMARTS) is 1. The topological polar surface area (TPSA) is 89.9 Å². The van der Waals surface area contributed by atoms with Gasteiger partial charge in [0.15, 0.2) is 0 Å². The normalized spacial score (nSPS) is 24.9. The van der Waals surface area contributed by atoms with Crippen molar-refractivity contribution in [1.29, 1.82) is 0 Å². The zero-order valence-electron chi connectivity index (χ0n) is 11.6. The van der Waals surface area contributed by atoms with Crippen molar-refractivity contribution in [1.82, 2.24) is 10.2 Å². The molecule has 0 saturated carbocycles. The van der Waals surface area contributed by atoms with Crippen LogP contribution < -0.4 is 5.32 Å². The fraction of sp³-hybridized carbons (Fsp3) is 0.846. The van der Waals surface area contributed by atoms with Crippen LogP contribution in [0.5, 0.6) is 0 Å². The number of nitrogens with zero attached hydrogens (tertiary/aromatic N) is 1. The number of carboxylic acids is 1. The molecule has 1 fully saturated rings. The molecule has 0 aromatic carbocycles. The molecular weight excluding hydrogens is 248 g/mol. The lowest BCUT2D eigenvalue weighted by molar-refractivity contribution is -0.141. The lowest BCUT2D eigenvalue weighted by atomic mass is 9.96. The molecule has 3 atom stereocenters. The van der Waals surface area contributed by atoms with Crippen LogP contribution in [0, 0.1) is 11.8 Å². The van der Waals surface area contributed by atoms with Gasteiger partial charge in [-0.3, -0.25) is 4.79 Å². The number of hydrogen-bond acceptors (Lipinski definition) is 3. The van der Waals surface area contributed by atoms with Gasteiger partial charge in [0.05, 0.1) is 12.0 Å². The Morgan fingerprint density at radius 3 is 2.68 bits per heavy atom.